The highest BCUT2D eigenvalue weighted by Gasteiger charge is 2.15. The average Bonchev–Trinajstić information content (AvgIpc) is 2.17. The summed E-state index contributed by atoms with van der Waals surface area (Å²) in [4.78, 5) is 0. The molecular weight excluding hydrogens is 240 g/mol. The van der Waals surface area contributed by atoms with Crippen molar-refractivity contribution in [2.75, 3.05) is 0 Å². The van der Waals surface area contributed by atoms with Gasteiger partial charge >= 0.3 is 0 Å². The molecule has 3 atom stereocenters. The maximum atomic E-state index is 10.8. The molecule has 0 aromatic heterocycles. The van der Waals surface area contributed by atoms with Gasteiger partial charge in [0, 0.05) is 5.25 Å². The minimum absolute atomic E-state index is 0.261. The van der Waals surface area contributed by atoms with Gasteiger partial charge in [-0.3, -0.25) is 4.55 Å². The van der Waals surface area contributed by atoms with E-state index in [9.17, 15) is 4.21 Å². The van der Waals surface area contributed by atoms with Gasteiger partial charge in [-0.1, -0.05) is 25.2 Å². The van der Waals surface area contributed by atoms with E-state index in [1.54, 1.807) is 0 Å². The van der Waals surface area contributed by atoms with Crippen LogP contribution in [0.3, 0.4) is 0 Å². The van der Waals surface area contributed by atoms with Crippen LogP contribution in [0.4, 0.5) is 0 Å². The summed E-state index contributed by atoms with van der Waals surface area (Å²) in [5.41, 5.74) is 0. The Morgan fingerprint density at radius 2 is 2.25 bits per heavy atom. The molecule has 0 radical (unpaired) electrons. The van der Waals surface area contributed by atoms with Gasteiger partial charge in [0.05, 0.1) is 0 Å². The fourth-order valence-electron chi connectivity index (χ4n) is 1.60. The Bertz CT molecular complexity index is 239. The first-order valence-corrected chi connectivity index (χ1v) is 8.10. The Labute approximate surface area is 105 Å². The molecule has 0 rings (SSSR count). The second-order valence-electron chi connectivity index (χ2n) is 3.95. The first kappa shape index (κ1) is 15.9. The van der Waals surface area contributed by atoms with Crippen LogP contribution in [0.2, 0.25) is 0 Å². The van der Waals surface area contributed by atoms with Crippen molar-refractivity contribution in [3.8, 4) is 0 Å². The Morgan fingerprint density at radius 1 is 1.56 bits per heavy atom. The summed E-state index contributed by atoms with van der Waals surface area (Å²) in [7, 11) is -0.591. The summed E-state index contributed by atoms with van der Waals surface area (Å²) < 4.78 is 19.7. The SMILES string of the molecule is C=CCC(C)CC(CCC=CC)SS(=O)O. The average molecular weight is 262 g/mol. The third-order valence-electron chi connectivity index (χ3n) is 2.34. The van der Waals surface area contributed by atoms with Crippen LogP contribution in [0.15, 0.2) is 24.8 Å². The van der Waals surface area contributed by atoms with Gasteiger partial charge in [-0.25, -0.2) is 4.21 Å². The van der Waals surface area contributed by atoms with E-state index in [0.717, 1.165) is 36.5 Å². The predicted octanol–water partition coefficient (Wildman–Crippen LogP) is 4.18. The monoisotopic (exact) mass is 262 g/mol. The van der Waals surface area contributed by atoms with Crippen molar-refractivity contribution in [1.29, 1.82) is 0 Å². The largest absolute Gasteiger partial charge is 0.298 e. The van der Waals surface area contributed by atoms with Gasteiger partial charge in [-0.2, -0.15) is 0 Å². The van der Waals surface area contributed by atoms with Gasteiger partial charge in [0.15, 0.2) is 0 Å². The van der Waals surface area contributed by atoms with E-state index in [2.05, 4.69) is 19.6 Å². The van der Waals surface area contributed by atoms with Crippen LogP contribution in [0.5, 0.6) is 0 Å². The van der Waals surface area contributed by atoms with Crippen LogP contribution >= 0.6 is 10.8 Å². The fourth-order valence-corrected chi connectivity index (χ4v) is 3.70. The van der Waals surface area contributed by atoms with E-state index in [-0.39, 0.29) is 5.25 Å². The van der Waals surface area contributed by atoms with Crippen LogP contribution in [-0.2, 0) is 10.1 Å². The topological polar surface area (TPSA) is 37.3 Å². The predicted molar refractivity (Wildman–Crippen MR) is 74.8 cm³/mol. The lowest BCUT2D eigenvalue weighted by Crippen LogP contribution is -2.09. The zero-order valence-electron chi connectivity index (χ0n) is 10.1. The van der Waals surface area contributed by atoms with Crippen molar-refractivity contribution < 1.29 is 8.76 Å². The van der Waals surface area contributed by atoms with Crippen LogP contribution in [0.25, 0.3) is 0 Å². The summed E-state index contributed by atoms with van der Waals surface area (Å²) >= 11 is 0. The van der Waals surface area contributed by atoms with Crippen molar-refractivity contribution >= 4 is 20.9 Å². The molecule has 0 amide bonds. The van der Waals surface area contributed by atoms with Gasteiger partial charge in [0.1, 0.15) is 0 Å². The first-order chi connectivity index (χ1) is 7.60. The normalized spacial score (nSPS) is 17.2. The van der Waals surface area contributed by atoms with Crippen molar-refractivity contribution in [3.05, 3.63) is 24.8 Å². The molecule has 0 aliphatic rings. The molecule has 0 spiro atoms. The van der Waals surface area contributed by atoms with Crippen LogP contribution < -0.4 is 0 Å². The van der Waals surface area contributed by atoms with Crippen LogP contribution in [-0.4, -0.2) is 14.0 Å². The molecule has 0 aromatic rings. The Morgan fingerprint density at radius 3 is 2.75 bits per heavy atom. The van der Waals surface area contributed by atoms with Crippen LogP contribution in [0, 0.1) is 5.92 Å². The van der Waals surface area contributed by atoms with E-state index in [1.165, 1.54) is 0 Å². The molecule has 0 fully saturated rings. The molecule has 2 nitrogen and oxygen atoms in total. The van der Waals surface area contributed by atoms with Gasteiger partial charge in [-0.05, 0) is 49.3 Å². The summed E-state index contributed by atoms with van der Waals surface area (Å²) in [5, 5.41) is 0.261. The molecule has 0 saturated heterocycles. The Balaban J connectivity index is 4.07. The molecule has 0 aliphatic heterocycles. The fraction of sp³-hybridized carbons (Fsp3) is 0.667. The molecule has 3 unspecified atom stereocenters. The third kappa shape index (κ3) is 9.19. The van der Waals surface area contributed by atoms with Crippen molar-refractivity contribution in [2.24, 2.45) is 5.92 Å². The van der Waals surface area contributed by atoms with E-state index in [4.69, 9.17) is 4.55 Å². The maximum Gasteiger partial charge on any atom is 0.216 e. The van der Waals surface area contributed by atoms with E-state index < -0.39 is 10.1 Å². The Hall–Kier alpha value is -0.0600. The summed E-state index contributed by atoms with van der Waals surface area (Å²) in [5.74, 6) is 0.532. The van der Waals surface area contributed by atoms with Gasteiger partial charge in [0.2, 0.25) is 10.1 Å². The molecule has 0 aromatic carbocycles. The van der Waals surface area contributed by atoms with Gasteiger partial charge in [-0.15, -0.1) is 6.58 Å². The third-order valence-corrected chi connectivity index (χ3v) is 4.52. The minimum atomic E-state index is -1.75. The summed E-state index contributed by atoms with van der Waals surface area (Å²) in [6.07, 6.45) is 9.92. The van der Waals surface area contributed by atoms with Gasteiger partial charge < -0.3 is 0 Å². The van der Waals surface area contributed by atoms with Crippen molar-refractivity contribution in [1.82, 2.24) is 0 Å². The lowest BCUT2D eigenvalue weighted by atomic mass is 9.99. The second kappa shape index (κ2) is 10.1. The molecule has 0 aliphatic carbocycles. The standard InChI is InChI=1S/C12H22O2S2/c1-4-6-7-9-12(15-16(13)14)10-11(3)8-5-2/h4-6,11-12H,2,7-10H2,1,3H3,(H,13,14). The second-order valence-corrected chi connectivity index (χ2v) is 6.67. The summed E-state index contributed by atoms with van der Waals surface area (Å²) in [6.45, 7) is 7.87. The highest BCUT2D eigenvalue weighted by Crippen LogP contribution is 2.27. The zero-order valence-corrected chi connectivity index (χ0v) is 11.7. The van der Waals surface area contributed by atoms with E-state index >= 15 is 0 Å². The quantitative estimate of drug-likeness (QED) is 0.385. The molecule has 16 heavy (non-hydrogen) atoms. The minimum Gasteiger partial charge on any atom is -0.298 e. The van der Waals surface area contributed by atoms with Crippen LogP contribution in [0.1, 0.15) is 39.5 Å². The van der Waals surface area contributed by atoms with Crippen molar-refractivity contribution in [3.63, 3.8) is 0 Å². The Kier molecular flexibility index (Phi) is 10.1. The lowest BCUT2D eigenvalue weighted by molar-refractivity contribution is 0.515. The van der Waals surface area contributed by atoms with Crippen molar-refractivity contribution in [2.45, 2.75) is 44.8 Å². The molecule has 4 heteroatoms. The smallest absolute Gasteiger partial charge is 0.216 e. The number of rotatable bonds is 9. The van der Waals surface area contributed by atoms with E-state index in [1.807, 2.05) is 19.1 Å². The summed E-state index contributed by atoms with van der Waals surface area (Å²) in [6, 6.07) is 0. The number of allylic oxidation sites excluding steroid dienone is 3. The van der Waals surface area contributed by atoms with Gasteiger partial charge in [0.25, 0.3) is 0 Å². The zero-order chi connectivity index (χ0) is 12.4. The number of hydrogen-bond acceptors (Lipinski definition) is 2. The van der Waals surface area contributed by atoms with E-state index in [0.29, 0.717) is 5.92 Å². The number of hydrogen-bond donors (Lipinski definition) is 1. The highest BCUT2D eigenvalue weighted by molar-refractivity contribution is 8.67. The molecule has 0 heterocycles. The molecule has 0 bridgehead atoms. The maximum absolute atomic E-state index is 10.8. The lowest BCUT2D eigenvalue weighted by Gasteiger charge is -2.17. The first-order valence-electron chi connectivity index (χ1n) is 5.60. The molecular formula is C12H22O2S2. The highest BCUT2D eigenvalue weighted by atomic mass is 33.1. The molecule has 94 valence electrons. The molecule has 1 N–H and O–H groups in total. The molecule has 0 saturated carbocycles.